The molecule has 0 fully saturated rings. The largest absolute Gasteiger partial charge is 0.236 e. The molecule has 0 aliphatic rings. The fourth-order valence-corrected chi connectivity index (χ4v) is 15.6. The number of fused-ring (bicyclic) bond motifs is 13. The summed E-state index contributed by atoms with van der Waals surface area (Å²) in [5, 5.41) is 13.3. The number of hydrogen-bond acceptors (Lipinski definition) is 8. The zero-order chi connectivity index (χ0) is 58.8. The fourth-order valence-electron chi connectivity index (χ4n) is 12.5. The van der Waals surface area contributed by atoms with E-state index in [1.165, 1.54) is 85.0 Å². The highest BCUT2D eigenvalue weighted by atomic mass is 32.1. The SMILES string of the molecule is c1ccc(-c2ccc(-c3nc(-c4cccc(-c5ccc6c7ccccc7c7ccccc7c6c5)c4)c4c(n3)sc3ccccc34)cc2)cc1.c1ccc(-c2ccc(-c3nc(-c4cccc(-c5nc6ccccc6s5)c4)c4c(n3)sc3ccccc34)cc2)cc1. The third kappa shape index (κ3) is 9.58. The van der Waals surface area contributed by atoms with Crippen molar-refractivity contribution < 1.29 is 0 Å². The molecule has 13 aromatic carbocycles. The van der Waals surface area contributed by atoms with Gasteiger partial charge in [0.05, 0.1) is 21.6 Å². The molecule has 5 aromatic heterocycles. The van der Waals surface area contributed by atoms with Crippen molar-refractivity contribution in [2.45, 2.75) is 0 Å². The second kappa shape index (κ2) is 22.1. The average molecular weight is 1190 g/mol. The van der Waals surface area contributed by atoms with Gasteiger partial charge >= 0.3 is 0 Å². The molecule has 0 aliphatic carbocycles. The van der Waals surface area contributed by atoms with Gasteiger partial charge in [-0.2, -0.15) is 0 Å². The summed E-state index contributed by atoms with van der Waals surface area (Å²) in [6.07, 6.45) is 0. The number of nitrogens with zero attached hydrogens (tertiary/aromatic N) is 5. The van der Waals surface area contributed by atoms with Crippen molar-refractivity contribution in [3.8, 4) is 89.2 Å². The maximum atomic E-state index is 5.32. The van der Waals surface area contributed by atoms with E-state index in [4.69, 9.17) is 24.9 Å². The van der Waals surface area contributed by atoms with Crippen LogP contribution in [0.5, 0.6) is 0 Å². The van der Waals surface area contributed by atoms with Gasteiger partial charge in [0.25, 0.3) is 0 Å². The van der Waals surface area contributed by atoms with E-state index in [0.29, 0.717) is 0 Å². The maximum absolute atomic E-state index is 5.32. The molecule has 0 bridgehead atoms. The summed E-state index contributed by atoms with van der Waals surface area (Å²) in [5.41, 5.74) is 15.3. The Morgan fingerprint density at radius 3 is 1.08 bits per heavy atom. The van der Waals surface area contributed by atoms with E-state index in [2.05, 4.69) is 279 Å². The summed E-state index contributed by atoms with van der Waals surface area (Å²) in [5.74, 6) is 1.47. The highest BCUT2D eigenvalue weighted by molar-refractivity contribution is 7.26. The van der Waals surface area contributed by atoms with E-state index in [1.807, 2.05) is 18.2 Å². The first-order valence-electron chi connectivity index (χ1n) is 29.7. The second-order valence-electron chi connectivity index (χ2n) is 22.2. The van der Waals surface area contributed by atoms with E-state index >= 15 is 0 Å². The van der Waals surface area contributed by atoms with Crippen molar-refractivity contribution in [1.29, 1.82) is 0 Å². The van der Waals surface area contributed by atoms with Gasteiger partial charge in [-0.3, -0.25) is 0 Å². The third-order valence-electron chi connectivity index (χ3n) is 16.9. The Labute approximate surface area is 524 Å². The Kier molecular flexibility index (Phi) is 13.0. The van der Waals surface area contributed by atoms with Gasteiger partial charge < -0.3 is 0 Å². The predicted molar refractivity (Wildman–Crippen MR) is 379 cm³/mol. The van der Waals surface area contributed by atoms with Crippen molar-refractivity contribution in [2.24, 2.45) is 0 Å². The monoisotopic (exact) mass is 1190 g/mol. The van der Waals surface area contributed by atoms with Gasteiger partial charge in [-0.1, -0.05) is 255 Å². The molecule has 0 saturated carbocycles. The Hall–Kier alpha value is -10.9. The number of aromatic nitrogens is 5. The predicted octanol–water partition coefficient (Wildman–Crippen LogP) is 23.1. The third-order valence-corrected chi connectivity index (χ3v) is 20.1. The van der Waals surface area contributed by atoms with Crippen molar-refractivity contribution in [3.05, 3.63) is 297 Å². The first kappa shape index (κ1) is 52.5. The molecule has 18 aromatic rings. The van der Waals surface area contributed by atoms with Gasteiger partial charge in [0.2, 0.25) is 0 Å². The average Bonchev–Trinajstić information content (AvgIpc) is 2.89. The highest BCUT2D eigenvalue weighted by Crippen LogP contribution is 2.44. The molecule has 8 heteroatoms. The number of rotatable bonds is 8. The molecule has 5 nitrogen and oxygen atoms in total. The number of thiazole rings is 1. The van der Waals surface area contributed by atoms with Gasteiger partial charge in [0.15, 0.2) is 11.6 Å². The Bertz CT molecular complexity index is 5670. The topological polar surface area (TPSA) is 64.5 Å². The lowest BCUT2D eigenvalue weighted by molar-refractivity contribution is 1.24. The summed E-state index contributed by atoms with van der Waals surface area (Å²) in [4.78, 5) is 27.7. The number of benzene rings is 13. The van der Waals surface area contributed by atoms with E-state index in [1.54, 1.807) is 34.0 Å². The zero-order valence-corrected chi connectivity index (χ0v) is 50.2. The molecule has 0 aliphatic heterocycles. The van der Waals surface area contributed by atoms with Crippen LogP contribution in [-0.4, -0.2) is 24.9 Å². The first-order valence-corrected chi connectivity index (χ1v) is 32.1. The fraction of sp³-hybridized carbons (Fsp3) is 0. The van der Waals surface area contributed by atoms with Gasteiger partial charge in [-0.15, -0.1) is 34.0 Å². The van der Waals surface area contributed by atoms with Crippen LogP contribution in [0.1, 0.15) is 0 Å². The minimum Gasteiger partial charge on any atom is -0.236 e. The second-order valence-corrected chi connectivity index (χ2v) is 25.3. The van der Waals surface area contributed by atoms with E-state index in [0.717, 1.165) is 87.4 Å². The number of thiophene rings is 2. The maximum Gasteiger partial charge on any atom is 0.161 e. The summed E-state index contributed by atoms with van der Waals surface area (Å²) < 4.78 is 3.62. The molecule has 89 heavy (non-hydrogen) atoms. The number of hydrogen-bond donors (Lipinski definition) is 0. The van der Waals surface area contributed by atoms with Gasteiger partial charge in [0.1, 0.15) is 14.7 Å². The van der Waals surface area contributed by atoms with Crippen LogP contribution in [0.4, 0.5) is 0 Å². The van der Waals surface area contributed by atoms with Crippen LogP contribution in [0.2, 0.25) is 0 Å². The van der Waals surface area contributed by atoms with E-state index in [-0.39, 0.29) is 0 Å². The van der Waals surface area contributed by atoms with Crippen molar-refractivity contribution in [2.75, 3.05) is 0 Å². The summed E-state index contributed by atoms with van der Waals surface area (Å²) in [6, 6.07) is 105. The lowest BCUT2D eigenvalue weighted by Gasteiger charge is -2.13. The van der Waals surface area contributed by atoms with Crippen LogP contribution in [0, 0.1) is 0 Å². The van der Waals surface area contributed by atoms with Crippen LogP contribution in [0.25, 0.3) is 172 Å². The molecule has 0 saturated heterocycles. The van der Waals surface area contributed by atoms with Crippen LogP contribution >= 0.6 is 34.0 Å². The van der Waals surface area contributed by atoms with Crippen LogP contribution in [0.3, 0.4) is 0 Å². The molecule has 5 heterocycles. The van der Waals surface area contributed by atoms with Gasteiger partial charge in [-0.05, 0) is 108 Å². The summed E-state index contributed by atoms with van der Waals surface area (Å²) in [7, 11) is 0. The molecule has 0 radical (unpaired) electrons. The molecule has 18 rings (SSSR count). The van der Waals surface area contributed by atoms with E-state index in [9.17, 15) is 0 Å². The lowest BCUT2D eigenvalue weighted by atomic mass is 9.91. The minimum absolute atomic E-state index is 0.735. The van der Waals surface area contributed by atoms with Crippen LogP contribution in [0.15, 0.2) is 297 Å². The molecule has 0 amide bonds. The molecule has 0 spiro atoms. The summed E-state index contributed by atoms with van der Waals surface area (Å²) >= 11 is 5.17. The Morgan fingerprint density at radius 1 is 0.202 bits per heavy atom. The molecule has 0 unspecified atom stereocenters. The Balaban J connectivity index is 0.000000141. The molecular weight excluding hydrogens is 1140 g/mol. The molecular formula is C81H49N5S3. The minimum atomic E-state index is 0.735. The molecule has 416 valence electrons. The first-order chi connectivity index (χ1) is 44.1. The summed E-state index contributed by atoms with van der Waals surface area (Å²) in [6.45, 7) is 0. The van der Waals surface area contributed by atoms with Crippen LogP contribution < -0.4 is 0 Å². The smallest absolute Gasteiger partial charge is 0.161 e. The molecule has 0 atom stereocenters. The van der Waals surface area contributed by atoms with Gasteiger partial charge in [0, 0.05) is 58.8 Å². The van der Waals surface area contributed by atoms with Crippen molar-refractivity contribution in [3.63, 3.8) is 0 Å². The standard InChI is InChI=1S/C46H28N2S.C35H21N3S2/c1-2-11-29(12-3-1)30-21-23-31(24-22-30)45-47-44(43-40-19-8-9-20-42(40)49-46(43)48-45)34-14-10-13-32(27-34)33-25-26-39-37-17-5-4-15-35(37)36-16-6-7-18-38(36)41(39)28-33;1-2-9-22(10-3-1)23-17-19-24(20-18-23)33-37-32(31-27-13-4-6-15-29(27)39-35(31)38-33)25-11-8-12-26(21-25)34-36-28-14-5-7-16-30(28)40-34/h1-28H;1-21H. The normalized spacial score (nSPS) is 11.6. The molecule has 0 N–H and O–H groups in total. The van der Waals surface area contributed by atoms with Crippen molar-refractivity contribution >= 4 is 117 Å². The zero-order valence-electron chi connectivity index (χ0n) is 47.8. The van der Waals surface area contributed by atoms with Gasteiger partial charge in [-0.25, -0.2) is 24.9 Å². The number of para-hydroxylation sites is 1. The lowest BCUT2D eigenvalue weighted by Crippen LogP contribution is -1.94. The van der Waals surface area contributed by atoms with Crippen molar-refractivity contribution in [1.82, 2.24) is 24.9 Å². The van der Waals surface area contributed by atoms with Crippen LogP contribution in [-0.2, 0) is 0 Å². The Morgan fingerprint density at radius 2 is 0.562 bits per heavy atom. The highest BCUT2D eigenvalue weighted by Gasteiger charge is 2.21. The quantitative estimate of drug-likeness (QED) is 0.142. The van der Waals surface area contributed by atoms with E-state index < -0.39 is 0 Å².